The van der Waals surface area contributed by atoms with Gasteiger partial charge in [0.25, 0.3) is 0 Å². The van der Waals surface area contributed by atoms with Gasteiger partial charge in [0.2, 0.25) is 5.43 Å². The molecule has 0 spiro atoms. The second kappa shape index (κ2) is 8.72. The highest BCUT2D eigenvalue weighted by Crippen LogP contribution is 2.19. The fraction of sp³-hybridized carbons (Fsp3) is 0.333. The Labute approximate surface area is 169 Å². The quantitative estimate of drug-likeness (QED) is 0.663. The van der Waals surface area contributed by atoms with Crippen molar-refractivity contribution >= 4 is 11.8 Å². The van der Waals surface area contributed by atoms with Crippen LogP contribution in [0.3, 0.4) is 0 Å². The fourth-order valence-corrected chi connectivity index (χ4v) is 3.04. The van der Waals surface area contributed by atoms with Crippen LogP contribution in [0.4, 0.5) is 10.5 Å². The van der Waals surface area contributed by atoms with Crippen LogP contribution in [-0.4, -0.2) is 37.3 Å². The van der Waals surface area contributed by atoms with Crippen molar-refractivity contribution in [2.24, 2.45) is 5.92 Å². The van der Waals surface area contributed by atoms with Gasteiger partial charge in [0.15, 0.2) is 0 Å². The maximum Gasteiger partial charge on any atom is 0.411 e. The van der Waals surface area contributed by atoms with Crippen molar-refractivity contribution in [1.82, 2.24) is 19.6 Å². The second-order valence-electron chi connectivity index (χ2n) is 7.26. The molecule has 0 radical (unpaired) electrons. The van der Waals surface area contributed by atoms with Gasteiger partial charge in [-0.25, -0.2) is 9.48 Å². The molecule has 2 aromatic heterocycles. The fourth-order valence-electron chi connectivity index (χ4n) is 3.04. The summed E-state index contributed by atoms with van der Waals surface area (Å²) in [5, 5.41) is 18.2. The first-order chi connectivity index (χ1) is 13.9. The van der Waals surface area contributed by atoms with Crippen molar-refractivity contribution in [3.63, 3.8) is 0 Å². The molecule has 152 valence electrons. The van der Waals surface area contributed by atoms with Crippen LogP contribution in [0, 0.1) is 5.92 Å². The van der Waals surface area contributed by atoms with Gasteiger partial charge < -0.3 is 5.11 Å². The molecule has 1 aromatic carbocycles. The molecule has 0 atom stereocenters. The maximum atomic E-state index is 12.3. The highest BCUT2D eigenvalue weighted by Gasteiger charge is 2.16. The van der Waals surface area contributed by atoms with Crippen LogP contribution < -0.4 is 10.3 Å². The van der Waals surface area contributed by atoms with E-state index in [-0.39, 0.29) is 11.3 Å². The van der Waals surface area contributed by atoms with Gasteiger partial charge in [-0.2, -0.15) is 10.2 Å². The SMILES string of the molecule is CCn1cc(-n2ccc(=O)c(Cc3cccc(N(CC(C)C)C(=O)O)c3)n2)cn1. The molecule has 0 saturated heterocycles. The van der Waals surface area contributed by atoms with Gasteiger partial charge >= 0.3 is 6.09 Å². The minimum Gasteiger partial charge on any atom is -0.465 e. The summed E-state index contributed by atoms with van der Waals surface area (Å²) in [6, 6.07) is 8.71. The van der Waals surface area contributed by atoms with Gasteiger partial charge in [-0.15, -0.1) is 0 Å². The minimum atomic E-state index is -0.996. The highest BCUT2D eigenvalue weighted by atomic mass is 16.4. The van der Waals surface area contributed by atoms with Crippen LogP contribution >= 0.6 is 0 Å². The zero-order chi connectivity index (χ0) is 21.0. The number of amides is 1. The topological polar surface area (TPSA) is 93.2 Å². The molecular weight excluding hydrogens is 370 g/mol. The number of aromatic nitrogens is 4. The minimum absolute atomic E-state index is 0.160. The molecule has 1 N–H and O–H groups in total. The van der Waals surface area contributed by atoms with Crippen LogP contribution in [0.15, 0.2) is 53.7 Å². The monoisotopic (exact) mass is 395 g/mol. The molecule has 0 fully saturated rings. The molecule has 0 aliphatic carbocycles. The number of aryl methyl sites for hydroxylation is 1. The molecule has 0 aliphatic rings. The Hall–Kier alpha value is -3.42. The summed E-state index contributed by atoms with van der Waals surface area (Å²) >= 11 is 0. The highest BCUT2D eigenvalue weighted by molar-refractivity contribution is 5.86. The summed E-state index contributed by atoms with van der Waals surface area (Å²) < 4.78 is 3.41. The van der Waals surface area contributed by atoms with Crippen LogP contribution in [-0.2, 0) is 13.0 Å². The third-order valence-electron chi connectivity index (χ3n) is 4.46. The van der Waals surface area contributed by atoms with Gasteiger partial charge in [-0.1, -0.05) is 26.0 Å². The normalized spacial score (nSPS) is 11.0. The Balaban J connectivity index is 1.89. The Bertz CT molecular complexity index is 1050. The second-order valence-corrected chi connectivity index (χ2v) is 7.26. The molecule has 0 aliphatic heterocycles. The third-order valence-corrected chi connectivity index (χ3v) is 4.46. The molecule has 0 saturated carbocycles. The standard InChI is InChI=1S/C21H25N5O3/c1-4-24-14-18(12-22-24)26-9-8-20(27)19(23-26)11-16-6-5-7-17(10-16)25(21(28)29)13-15(2)3/h5-10,12,14-15H,4,11,13H2,1-3H3,(H,28,29). The van der Waals surface area contributed by atoms with Crippen molar-refractivity contribution in [2.45, 2.75) is 33.7 Å². The third kappa shape index (κ3) is 4.90. The molecule has 1 amide bonds. The van der Waals surface area contributed by atoms with Crippen LogP contribution in [0.25, 0.3) is 5.69 Å². The Kier molecular flexibility index (Phi) is 6.11. The lowest BCUT2D eigenvalue weighted by Crippen LogP contribution is -2.32. The zero-order valence-corrected chi connectivity index (χ0v) is 16.8. The summed E-state index contributed by atoms with van der Waals surface area (Å²) in [4.78, 5) is 25.3. The van der Waals surface area contributed by atoms with Crippen molar-refractivity contribution in [3.05, 3.63) is 70.4 Å². The van der Waals surface area contributed by atoms with Gasteiger partial charge in [0.05, 0.1) is 12.4 Å². The van der Waals surface area contributed by atoms with E-state index in [1.807, 2.05) is 33.0 Å². The van der Waals surface area contributed by atoms with Crippen molar-refractivity contribution in [1.29, 1.82) is 0 Å². The number of hydrogen-bond acceptors (Lipinski definition) is 4. The predicted molar refractivity (Wildman–Crippen MR) is 111 cm³/mol. The number of nitrogens with zero attached hydrogens (tertiary/aromatic N) is 5. The number of benzene rings is 1. The molecule has 0 unspecified atom stereocenters. The molecule has 0 bridgehead atoms. The van der Waals surface area contributed by atoms with E-state index in [0.717, 1.165) is 17.8 Å². The Morgan fingerprint density at radius 2 is 2.07 bits per heavy atom. The molecule has 3 rings (SSSR count). The summed E-state index contributed by atoms with van der Waals surface area (Å²) in [5.41, 5.74) is 2.41. The van der Waals surface area contributed by atoms with E-state index in [1.54, 1.807) is 40.0 Å². The molecule has 29 heavy (non-hydrogen) atoms. The van der Waals surface area contributed by atoms with E-state index in [2.05, 4.69) is 10.2 Å². The number of rotatable bonds is 7. The molecular formula is C21H25N5O3. The summed E-state index contributed by atoms with van der Waals surface area (Å²) in [7, 11) is 0. The van der Waals surface area contributed by atoms with E-state index in [9.17, 15) is 14.7 Å². The van der Waals surface area contributed by atoms with E-state index in [4.69, 9.17) is 0 Å². The Morgan fingerprint density at radius 3 is 2.72 bits per heavy atom. The van der Waals surface area contributed by atoms with Gasteiger partial charge in [0.1, 0.15) is 11.4 Å². The number of carboxylic acid groups (broad SMARTS) is 1. The number of hydrogen-bond donors (Lipinski definition) is 1. The van der Waals surface area contributed by atoms with E-state index < -0.39 is 6.09 Å². The van der Waals surface area contributed by atoms with E-state index >= 15 is 0 Å². The number of carbonyl (C=O) groups is 1. The number of anilines is 1. The first kappa shape index (κ1) is 20.3. The molecule has 8 nitrogen and oxygen atoms in total. The molecule has 2 heterocycles. The van der Waals surface area contributed by atoms with Crippen molar-refractivity contribution in [3.8, 4) is 5.69 Å². The zero-order valence-electron chi connectivity index (χ0n) is 16.8. The van der Waals surface area contributed by atoms with E-state index in [0.29, 0.717) is 24.3 Å². The van der Waals surface area contributed by atoms with Gasteiger partial charge in [-0.05, 0) is 30.5 Å². The first-order valence-corrected chi connectivity index (χ1v) is 9.58. The van der Waals surface area contributed by atoms with Crippen LogP contribution in [0.5, 0.6) is 0 Å². The Morgan fingerprint density at radius 1 is 1.28 bits per heavy atom. The summed E-state index contributed by atoms with van der Waals surface area (Å²) in [6.45, 7) is 7.08. The average molecular weight is 395 g/mol. The van der Waals surface area contributed by atoms with Gasteiger partial charge in [-0.3, -0.25) is 14.4 Å². The lowest BCUT2D eigenvalue weighted by molar-refractivity contribution is 0.201. The predicted octanol–water partition coefficient (Wildman–Crippen LogP) is 3.18. The molecule has 3 aromatic rings. The smallest absolute Gasteiger partial charge is 0.411 e. The largest absolute Gasteiger partial charge is 0.465 e. The van der Waals surface area contributed by atoms with Crippen LogP contribution in [0.2, 0.25) is 0 Å². The summed E-state index contributed by atoms with van der Waals surface area (Å²) in [5.74, 6) is 0.196. The van der Waals surface area contributed by atoms with Crippen molar-refractivity contribution < 1.29 is 9.90 Å². The van der Waals surface area contributed by atoms with Crippen molar-refractivity contribution in [2.75, 3.05) is 11.4 Å². The summed E-state index contributed by atoms with van der Waals surface area (Å²) in [6.07, 6.45) is 4.49. The lowest BCUT2D eigenvalue weighted by Gasteiger charge is -2.22. The maximum absolute atomic E-state index is 12.3. The van der Waals surface area contributed by atoms with Crippen LogP contribution in [0.1, 0.15) is 32.0 Å². The average Bonchev–Trinajstić information content (AvgIpc) is 3.17. The van der Waals surface area contributed by atoms with E-state index in [1.165, 1.54) is 11.0 Å². The lowest BCUT2D eigenvalue weighted by atomic mass is 10.1. The molecule has 8 heteroatoms. The first-order valence-electron chi connectivity index (χ1n) is 9.58. The van der Waals surface area contributed by atoms with Gasteiger partial charge in [0, 0.05) is 37.5 Å².